The molecule has 0 fully saturated rings. The number of anilines is 1. The van der Waals surface area contributed by atoms with Gasteiger partial charge in [-0.2, -0.15) is 0 Å². The molecule has 2 N–H and O–H groups in total. The van der Waals surface area contributed by atoms with Gasteiger partial charge in [-0.1, -0.05) is 23.4 Å². The number of carbonyl (C=O) groups is 2. The minimum Gasteiger partial charge on any atom is -0.480 e. The van der Waals surface area contributed by atoms with Crippen LogP contribution < -0.4 is 10.2 Å². The van der Waals surface area contributed by atoms with Gasteiger partial charge in [0.2, 0.25) is 0 Å². The van der Waals surface area contributed by atoms with Crippen LogP contribution in [0.1, 0.15) is 0 Å². The summed E-state index contributed by atoms with van der Waals surface area (Å²) in [5, 5.41) is 19.0. The molecule has 0 radical (unpaired) electrons. The Hall–Kier alpha value is -2.90. The van der Waals surface area contributed by atoms with Crippen LogP contribution >= 0.6 is 0 Å². The summed E-state index contributed by atoms with van der Waals surface area (Å²) >= 11 is 0. The smallest absolute Gasteiger partial charge is 0.323 e. The monoisotopic (exact) mass is 289 g/mol. The molecule has 0 unspecified atom stereocenters. The van der Waals surface area contributed by atoms with Crippen molar-refractivity contribution in [2.24, 2.45) is 0 Å². The van der Waals surface area contributed by atoms with Gasteiger partial charge in [-0.15, -0.1) is 5.10 Å². The average molecular weight is 289 g/mol. The highest BCUT2D eigenvalue weighted by Crippen LogP contribution is 2.12. The van der Waals surface area contributed by atoms with Gasteiger partial charge in [0.05, 0.1) is 12.7 Å². The Kier molecular flexibility index (Phi) is 4.86. The molecule has 0 aliphatic heterocycles. The first-order chi connectivity index (χ1) is 10.2. The molecule has 1 aromatic heterocycles. The quantitative estimate of drug-likeness (QED) is 0.810. The molecule has 2 rings (SSSR count). The molecule has 110 valence electrons. The van der Waals surface area contributed by atoms with Gasteiger partial charge in [0.25, 0.3) is 0 Å². The molecule has 21 heavy (non-hydrogen) atoms. The summed E-state index contributed by atoms with van der Waals surface area (Å²) in [5.41, 5.74) is 0.526. The minimum absolute atomic E-state index is 0.325. The highest BCUT2D eigenvalue weighted by atomic mass is 16.4. The molecule has 0 aliphatic rings. The predicted octanol–water partition coefficient (Wildman–Crippen LogP) is 0.579. The fourth-order valence-corrected chi connectivity index (χ4v) is 1.75. The molecule has 8 heteroatoms. The van der Waals surface area contributed by atoms with Gasteiger partial charge in [0.1, 0.15) is 6.54 Å². The first-order valence-electron chi connectivity index (χ1n) is 6.33. The molecular formula is C13H15N5O3. The van der Waals surface area contributed by atoms with Crippen molar-refractivity contribution in [3.8, 4) is 0 Å². The van der Waals surface area contributed by atoms with Crippen molar-refractivity contribution in [3.05, 3.63) is 42.7 Å². The number of benzene rings is 1. The Morgan fingerprint density at radius 3 is 2.67 bits per heavy atom. The number of aliphatic carboxylic acids is 1. The summed E-state index contributed by atoms with van der Waals surface area (Å²) in [4.78, 5) is 24.2. The van der Waals surface area contributed by atoms with Crippen molar-refractivity contribution in [1.29, 1.82) is 0 Å². The van der Waals surface area contributed by atoms with E-state index in [1.165, 1.54) is 4.90 Å². The molecule has 0 aliphatic carbocycles. The summed E-state index contributed by atoms with van der Waals surface area (Å²) in [7, 11) is 0. The number of para-hydroxylation sites is 1. The van der Waals surface area contributed by atoms with Crippen LogP contribution in [0.2, 0.25) is 0 Å². The lowest BCUT2D eigenvalue weighted by Crippen LogP contribution is -2.44. The standard InChI is InChI=1S/C13H15N5O3/c19-12(20)10-18(11-4-2-1-3-5-11)13(21)14-6-8-17-9-7-15-16-17/h1-5,7,9H,6,8,10H2,(H,14,21)(H,19,20). The minimum atomic E-state index is -1.08. The van der Waals surface area contributed by atoms with Gasteiger partial charge in [-0.3, -0.25) is 14.4 Å². The van der Waals surface area contributed by atoms with E-state index in [1.807, 2.05) is 0 Å². The third-order valence-electron chi connectivity index (χ3n) is 2.70. The molecule has 0 bridgehead atoms. The van der Waals surface area contributed by atoms with Gasteiger partial charge in [-0.25, -0.2) is 4.79 Å². The summed E-state index contributed by atoms with van der Waals surface area (Å²) in [5.74, 6) is -1.08. The number of amides is 2. The first-order valence-corrected chi connectivity index (χ1v) is 6.33. The van der Waals surface area contributed by atoms with Crippen LogP contribution in [0.25, 0.3) is 0 Å². The number of nitrogens with one attached hydrogen (secondary N) is 1. The van der Waals surface area contributed by atoms with Crippen molar-refractivity contribution in [3.63, 3.8) is 0 Å². The maximum Gasteiger partial charge on any atom is 0.323 e. The largest absolute Gasteiger partial charge is 0.480 e. The van der Waals surface area contributed by atoms with Crippen LogP contribution in [-0.4, -0.2) is 45.2 Å². The zero-order valence-electron chi connectivity index (χ0n) is 11.2. The molecule has 0 atom stereocenters. The number of aromatic nitrogens is 3. The Balaban J connectivity index is 1.96. The fourth-order valence-electron chi connectivity index (χ4n) is 1.75. The lowest BCUT2D eigenvalue weighted by Gasteiger charge is -2.21. The number of hydrogen-bond acceptors (Lipinski definition) is 4. The van der Waals surface area contributed by atoms with Gasteiger partial charge >= 0.3 is 12.0 Å². The maximum absolute atomic E-state index is 12.1. The Morgan fingerprint density at radius 2 is 2.05 bits per heavy atom. The Morgan fingerprint density at radius 1 is 1.29 bits per heavy atom. The van der Waals surface area contributed by atoms with Crippen LogP contribution in [0.5, 0.6) is 0 Å². The highest BCUT2D eigenvalue weighted by molar-refractivity contribution is 5.96. The first kappa shape index (κ1) is 14.5. The van der Waals surface area contributed by atoms with Gasteiger partial charge in [0, 0.05) is 18.4 Å². The van der Waals surface area contributed by atoms with E-state index in [4.69, 9.17) is 5.11 Å². The summed E-state index contributed by atoms with van der Waals surface area (Å²) < 4.78 is 1.57. The molecular weight excluding hydrogens is 274 g/mol. The number of hydrogen-bond donors (Lipinski definition) is 2. The maximum atomic E-state index is 12.1. The molecule has 1 heterocycles. The van der Waals surface area contributed by atoms with Crippen molar-refractivity contribution < 1.29 is 14.7 Å². The van der Waals surface area contributed by atoms with Gasteiger partial charge in [-0.05, 0) is 12.1 Å². The average Bonchev–Trinajstić information content (AvgIpc) is 2.98. The lowest BCUT2D eigenvalue weighted by molar-refractivity contribution is -0.135. The number of nitrogens with zero attached hydrogens (tertiary/aromatic N) is 4. The molecule has 2 amide bonds. The summed E-state index contributed by atoms with van der Waals surface area (Å²) in [6.07, 6.45) is 3.22. The normalized spacial score (nSPS) is 10.1. The van der Waals surface area contributed by atoms with Crippen LogP contribution in [0, 0.1) is 0 Å². The number of urea groups is 1. The predicted molar refractivity (Wildman–Crippen MR) is 74.8 cm³/mol. The van der Waals surface area contributed by atoms with Crippen LogP contribution in [0.15, 0.2) is 42.7 Å². The van der Waals surface area contributed by atoms with E-state index in [1.54, 1.807) is 47.4 Å². The summed E-state index contributed by atoms with van der Waals surface area (Å²) in [6.45, 7) is 0.381. The van der Waals surface area contributed by atoms with Crippen LogP contribution in [0.3, 0.4) is 0 Å². The fraction of sp³-hybridized carbons (Fsp3) is 0.231. The van der Waals surface area contributed by atoms with E-state index in [0.717, 1.165) is 0 Å². The number of carboxylic acids is 1. The SMILES string of the molecule is O=C(O)CN(C(=O)NCCn1ccnn1)c1ccccc1. The molecule has 8 nitrogen and oxygen atoms in total. The van der Waals surface area contributed by atoms with Crippen LogP contribution in [-0.2, 0) is 11.3 Å². The summed E-state index contributed by atoms with van der Waals surface area (Å²) in [6, 6.07) is 8.17. The number of carboxylic acid groups (broad SMARTS) is 1. The van der Waals surface area contributed by atoms with E-state index < -0.39 is 18.5 Å². The van der Waals surface area contributed by atoms with Crippen molar-refractivity contribution in [2.45, 2.75) is 6.54 Å². The molecule has 0 spiro atoms. The van der Waals surface area contributed by atoms with Crippen molar-refractivity contribution >= 4 is 17.7 Å². The molecule has 1 aromatic carbocycles. The second-order valence-corrected chi connectivity index (χ2v) is 4.21. The van der Waals surface area contributed by atoms with Gasteiger partial charge < -0.3 is 10.4 Å². The second-order valence-electron chi connectivity index (χ2n) is 4.21. The van der Waals surface area contributed by atoms with E-state index in [9.17, 15) is 9.59 Å². The Bertz CT molecular complexity index is 585. The van der Waals surface area contributed by atoms with Crippen molar-refractivity contribution in [2.75, 3.05) is 18.0 Å². The zero-order valence-corrected chi connectivity index (χ0v) is 11.2. The van der Waals surface area contributed by atoms with E-state index in [0.29, 0.717) is 18.8 Å². The second kappa shape index (κ2) is 7.04. The van der Waals surface area contributed by atoms with E-state index >= 15 is 0 Å². The lowest BCUT2D eigenvalue weighted by atomic mass is 10.3. The third kappa shape index (κ3) is 4.30. The zero-order chi connectivity index (χ0) is 15.1. The van der Waals surface area contributed by atoms with Crippen molar-refractivity contribution in [1.82, 2.24) is 20.3 Å². The topological polar surface area (TPSA) is 100 Å². The number of rotatable bonds is 6. The highest BCUT2D eigenvalue weighted by Gasteiger charge is 2.18. The van der Waals surface area contributed by atoms with E-state index in [-0.39, 0.29) is 0 Å². The van der Waals surface area contributed by atoms with Gasteiger partial charge in [0.15, 0.2) is 0 Å². The third-order valence-corrected chi connectivity index (χ3v) is 2.70. The molecule has 0 saturated carbocycles. The van der Waals surface area contributed by atoms with Crippen LogP contribution in [0.4, 0.5) is 10.5 Å². The molecule has 0 saturated heterocycles. The number of carbonyl (C=O) groups excluding carboxylic acids is 1. The Labute approximate surface area is 121 Å². The molecule has 2 aromatic rings. The van der Waals surface area contributed by atoms with E-state index in [2.05, 4.69) is 15.6 Å².